The van der Waals surface area contributed by atoms with Gasteiger partial charge in [0, 0.05) is 19.8 Å². The van der Waals surface area contributed by atoms with Crippen LogP contribution in [0.15, 0.2) is 0 Å². The summed E-state index contributed by atoms with van der Waals surface area (Å²) in [6.07, 6.45) is 0.764. The second-order valence-electron chi connectivity index (χ2n) is 3.47. The van der Waals surface area contributed by atoms with Gasteiger partial charge in [0.1, 0.15) is 0 Å². The summed E-state index contributed by atoms with van der Waals surface area (Å²) in [5, 5.41) is 12.1. The van der Waals surface area contributed by atoms with Crippen LogP contribution in [-0.4, -0.2) is 38.0 Å². The molecule has 0 rings (SSSR count). The number of nitrogens with one attached hydrogen (secondary N) is 1. The molecule has 0 saturated heterocycles. The van der Waals surface area contributed by atoms with Crippen LogP contribution in [0.5, 0.6) is 0 Å². The van der Waals surface area contributed by atoms with E-state index < -0.39 is 0 Å². The summed E-state index contributed by atoms with van der Waals surface area (Å²) >= 11 is 0. The van der Waals surface area contributed by atoms with E-state index >= 15 is 0 Å². The maximum atomic E-state index is 8.73. The van der Waals surface area contributed by atoms with Crippen molar-refractivity contribution in [2.24, 2.45) is 5.92 Å². The minimum atomic E-state index is 0.221. The van der Waals surface area contributed by atoms with Crippen molar-refractivity contribution in [2.75, 3.05) is 26.9 Å². The van der Waals surface area contributed by atoms with Gasteiger partial charge < -0.3 is 15.2 Å². The zero-order chi connectivity index (χ0) is 9.40. The fourth-order valence-corrected chi connectivity index (χ4v) is 1.00. The van der Waals surface area contributed by atoms with E-state index in [0.29, 0.717) is 18.6 Å². The molecular weight excluding hydrogens is 154 g/mol. The molecule has 3 heteroatoms. The Morgan fingerprint density at radius 3 is 2.50 bits per heavy atom. The highest BCUT2D eigenvalue weighted by Gasteiger charge is 2.06. The monoisotopic (exact) mass is 175 g/mol. The lowest BCUT2D eigenvalue weighted by Gasteiger charge is -2.17. The molecule has 1 unspecified atom stereocenters. The summed E-state index contributed by atoms with van der Waals surface area (Å²) in [5.74, 6) is 0.642. The summed E-state index contributed by atoms with van der Waals surface area (Å²) in [6.45, 7) is 6.20. The average molecular weight is 175 g/mol. The number of hydrogen-bond donors (Lipinski definition) is 2. The molecule has 0 amide bonds. The Labute approximate surface area is 75.1 Å². The zero-order valence-electron chi connectivity index (χ0n) is 8.34. The molecule has 0 bridgehead atoms. The van der Waals surface area contributed by atoms with Crippen LogP contribution in [0.4, 0.5) is 0 Å². The Morgan fingerprint density at radius 1 is 1.42 bits per heavy atom. The third-order valence-corrected chi connectivity index (χ3v) is 1.66. The molecule has 0 saturated carbocycles. The molecule has 0 aliphatic carbocycles. The second-order valence-corrected chi connectivity index (χ2v) is 3.47. The van der Waals surface area contributed by atoms with Crippen molar-refractivity contribution in [2.45, 2.75) is 26.3 Å². The molecule has 0 aliphatic heterocycles. The summed E-state index contributed by atoms with van der Waals surface area (Å²) < 4.78 is 5.02. The van der Waals surface area contributed by atoms with Crippen molar-refractivity contribution in [1.82, 2.24) is 5.32 Å². The van der Waals surface area contributed by atoms with Gasteiger partial charge in [0.25, 0.3) is 0 Å². The molecule has 0 aromatic heterocycles. The van der Waals surface area contributed by atoms with E-state index in [2.05, 4.69) is 19.2 Å². The topological polar surface area (TPSA) is 41.5 Å². The van der Waals surface area contributed by atoms with Gasteiger partial charge in [-0.3, -0.25) is 0 Å². The molecule has 0 aromatic carbocycles. The molecule has 3 nitrogen and oxygen atoms in total. The molecule has 0 aliphatic rings. The summed E-state index contributed by atoms with van der Waals surface area (Å²) in [6, 6.07) is 0.294. The number of aliphatic hydroxyl groups is 1. The van der Waals surface area contributed by atoms with Gasteiger partial charge in [-0.1, -0.05) is 13.8 Å². The van der Waals surface area contributed by atoms with Gasteiger partial charge >= 0.3 is 0 Å². The Balaban J connectivity index is 3.48. The highest BCUT2D eigenvalue weighted by Crippen LogP contribution is 1.94. The lowest BCUT2D eigenvalue weighted by atomic mass is 10.2. The van der Waals surface area contributed by atoms with Gasteiger partial charge in [0.05, 0.1) is 6.61 Å². The fourth-order valence-electron chi connectivity index (χ4n) is 1.00. The Bertz CT molecular complexity index is 90.5. The van der Waals surface area contributed by atoms with E-state index in [4.69, 9.17) is 9.84 Å². The Hall–Kier alpha value is -0.120. The van der Waals surface area contributed by atoms with Crippen LogP contribution in [-0.2, 0) is 4.74 Å². The minimum absolute atomic E-state index is 0.221. The normalized spacial score (nSPS) is 13.8. The van der Waals surface area contributed by atoms with Crippen molar-refractivity contribution in [3.8, 4) is 0 Å². The first-order valence-electron chi connectivity index (χ1n) is 4.53. The number of methoxy groups -OCH3 is 1. The summed E-state index contributed by atoms with van der Waals surface area (Å²) in [7, 11) is 1.68. The van der Waals surface area contributed by atoms with Crippen LogP contribution < -0.4 is 5.32 Å². The van der Waals surface area contributed by atoms with E-state index in [0.717, 1.165) is 13.0 Å². The van der Waals surface area contributed by atoms with E-state index in [1.54, 1.807) is 7.11 Å². The predicted molar refractivity (Wildman–Crippen MR) is 50.2 cm³/mol. The second kappa shape index (κ2) is 7.53. The van der Waals surface area contributed by atoms with Crippen molar-refractivity contribution in [3.63, 3.8) is 0 Å². The maximum absolute atomic E-state index is 8.73. The Morgan fingerprint density at radius 2 is 2.08 bits per heavy atom. The summed E-state index contributed by atoms with van der Waals surface area (Å²) in [5.41, 5.74) is 0. The Kier molecular flexibility index (Phi) is 7.45. The quantitative estimate of drug-likeness (QED) is 0.596. The molecule has 0 radical (unpaired) electrons. The molecule has 0 heterocycles. The van der Waals surface area contributed by atoms with Gasteiger partial charge in [-0.25, -0.2) is 0 Å². The van der Waals surface area contributed by atoms with Crippen LogP contribution in [0.25, 0.3) is 0 Å². The van der Waals surface area contributed by atoms with Crippen LogP contribution in [0, 0.1) is 5.92 Å². The van der Waals surface area contributed by atoms with Gasteiger partial charge in [0.2, 0.25) is 0 Å². The number of ether oxygens (including phenoxy) is 1. The van der Waals surface area contributed by atoms with Gasteiger partial charge in [0.15, 0.2) is 0 Å². The molecule has 2 N–H and O–H groups in total. The van der Waals surface area contributed by atoms with Crippen LogP contribution in [0.3, 0.4) is 0 Å². The number of rotatable bonds is 7. The lowest BCUT2D eigenvalue weighted by molar-refractivity contribution is 0.147. The average Bonchev–Trinajstić information content (AvgIpc) is 2.01. The lowest BCUT2D eigenvalue weighted by Crippen LogP contribution is -2.36. The van der Waals surface area contributed by atoms with Crippen LogP contribution in [0.1, 0.15) is 20.3 Å². The van der Waals surface area contributed by atoms with Crippen molar-refractivity contribution in [3.05, 3.63) is 0 Å². The smallest absolute Gasteiger partial charge is 0.0616 e. The third-order valence-electron chi connectivity index (χ3n) is 1.66. The summed E-state index contributed by atoms with van der Waals surface area (Å²) in [4.78, 5) is 0. The highest BCUT2D eigenvalue weighted by molar-refractivity contribution is 4.66. The van der Waals surface area contributed by atoms with Crippen LogP contribution in [0.2, 0.25) is 0 Å². The fraction of sp³-hybridized carbons (Fsp3) is 1.00. The van der Waals surface area contributed by atoms with Gasteiger partial charge in [-0.2, -0.15) is 0 Å². The zero-order valence-corrected chi connectivity index (χ0v) is 8.34. The third kappa shape index (κ3) is 6.58. The van der Waals surface area contributed by atoms with E-state index in [-0.39, 0.29) is 6.61 Å². The van der Waals surface area contributed by atoms with Crippen molar-refractivity contribution >= 4 is 0 Å². The van der Waals surface area contributed by atoms with Crippen LogP contribution >= 0.6 is 0 Å². The maximum Gasteiger partial charge on any atom is 0.0616 e. The van der Waals surface area contributed by atoms with Crippen molar-refractivity contribution in [1.29, 1.82) is 0 Å². The first kappa shape index (κ1) is 11.9. The molecule has 0 aromatic rings. The number of aliphatic hydroxyl groups excluding tert-OH is 1. The van der Waals surface area contributed by atoms with E-state index in [1.807, 2.05) is 0 Å². The first-order valence-corrected chi connectivity index (χ1v) is 4.53. The van der Waals surface area contributed by atoms with E-state index in [1.165, 1.54) is 0 Å². The molecule has 1 atom stereocenters. The standard InChI is InChI=1S/C9H21NO2/c1-8(2)6-10-9(4-5-11)7-12-3/h8-11H,4-7H2,1-3H3. The highest BCUT2D eigenvalue weighted by atomic mass is 16.5. The molecule has 0 spiro atoms. The largest absolute Gasteiger partial charge is 0.396 e. The van der Waals surface area contributed by atoms with E-state index in [9.17, 15) is 0 Å². The SMILES string of the molecule is COCC(CCO)NCC(C)C. The van der Waals surface area contributed by atoms with Crippen molar-refractivity contribution < 1.29 is 9.84 Å². The molecule has 0 fully saturated rings. The van der Waals surface area contributed by atoms with Gasteiger partial charge in [-0.05, 0) is 18.9 Å². The first-order chi connectivity index (χ1) is 5.70. The molecular formula is C9H21NO2. The minimum Gasteiger partial charge on any atom is -0.396 e. The predicted octanol–water partition coefficient (Wildman–Crippen LogP) is 0.629. The number of hydrogen-bond acceptors (Lipinski definition) is 3. The molecule has 12 heavy (non-hydrogen) atoms. The van der Waals surface area contributed by atoms with Gasteiger partial charge in [-0.15, -0.1) is 0 Å². The molecule has 74 valence electrons.